The van der Waals surface area contributed by atoms with E-state index in [1.807, 2.05) is 6.92 Å². The zero-order valence-electron chi connectivity index (χ0n) is 8.87. The third-order valence-electron chi connectivity index (χ3n) is 1.89. The number of hydrogen-bond acceptors (Lipinski definition) is 6. The highest BCUT2D eigenvalue weighted by Crippen LogP contribution is 2.21. The van der Waals surface area contributed by atoms with Crippen LogP contribution in [0.1, 0.15) is 12.5 Å². The number of hydrogen-bond donors (Lipinski definition) is 3. The average molecular weight is 242 g/mol. The van der Waals surface area contributed by atoms with Gasteiger partial charge in [0, 0.05) is 12.4 Å². The van der Waals surface area contributed by atoms with Crippen molar-refractivity contribution in [3.8, 4) is 0 Å². The smallest absolute Gasteiger partial charge is 0.172 e. The Kier molecular flexibility index (Phi) is 5.00. The molecule has 1 aromatic heterocycles. The maximum absolute atomic E-state index is 8.90. The minimum Gasteiger partial charge on any atom is -0.409 e. The number of aliphatic hydroxyl groups excluding tert-OH is 1. The summed E-state index contributed by atoms with van der Waals surface area (Å²) in [7, 11) is 0. The van der Waals surface area contributed by atoms with Crippen LogP contribution in [0.5, 0.6) is 0 Å². The van der Waals surface area contributed by atoms with Crippen LogP contribution in [0.4, 0.5) is 0 Å². The number of rotatable bonds is 5. The third-order valence-corrected chi connectivity index (χ3v) is 3.20. The zero-order chi connectivity index (χ0) is 12.0. The van der Waals surface area contributed by atoms with E-state index in [1.54, 1.807) is 6.07 Å². The van der Waals surface area contributed by atoms with Gasteiger partial charge in [-0.1, -0.05) is 12.1 Å². The lowest BCUT2D eigenvalue weighted by atomic mass is 10.2. The first-order valence-corrected chi connectivity index (χ1v) is 5.70. The summed E-state index contributed by atoms with van der Waals surface area (Å²) >= 11 is 1.42. The predicted octanol–water partition coefficient (Wildman–Crippen LogP) is 0.292. The Balaban J connectivity index is 2.79. The molecule has 0 spiro atoms. The zero-order valence-corrected chi connectivity index (χ0v) is 9.68. The van der Waals surface area contributed by atoms with Gasteiger partial charge in [-0.25, -0.2) is 0 Å². The van der Waals surface area contributed by atoms with Crippen LogP contribution in [-0.4, -0.2) is 38.7 Å². The highest BCUT2D eigenvalue weighted by molar-refractivity contribution is 7.99. The molecule has 1 heterocycles. The molecule has 1 rings (SSSR count). The summed E-state index contributed by atoms with van der Waals surface area (Å²) in [5.41, 5.74) is 6.05. The molecule has 88 valence electrons. The van der Waals surface area contributed by atoms with Gasteiger partial charge in [0.1, 0.15) is 5.03 Å². The molecule has 1 unspecified atom stereocenters. The number of nitrogens with two attached hydrogens (primary N) is 1. The molecule has 0 saturated carbocycles. The minimum absolute atomic E-state index is 0.00838. The van der Waals surface area contributed by atoms with Crippen molar-refractivity contribution in [3.05, 3.63) is 17.8 Å². The van der Waals surface area contributed by atoms with E-state index in [2.05, 4.69) is 15.4 Å². The van der Waals surface area contributed by atoms with Crippen LogP contribution in [0.3, 0.4) is 0 Å². The number of thioether (sulfide) groups is 1. The van der Waals surface area contributed by atoms with Crippen LogP contribution in [-0.2, 0) is 0 Å². The first-order chi connectivity index (χ1) is 7.69. The summed E-state index contributed by atoms with van der Waals surface area (Å²) in [6.45, 7) is 2.04. The van der Waals surface area contributed by atoms with Crippen LogP contribution in [0.15, 0.2) is 22.4 Å². The van der Waals surface area contributed by atoms with E-state index in [0.29, 0.717) is 16.3 Å². The molecule has 0 aliphatic rings. The summed E-state index contributed by atoms with van der Waals surface area (Å²) in [4.78, 5) is 0. The van der Waals surface area contributed by atoms with Gasteiger partial charge in [0.2, 0.25) is 0 Å². The van der Waals surface area contributed by atoms with Gasteiger partial charge < -0.3 is 16.0 Å². The summed E-state index contributed by atoms with van der Waals surface area (Å²) in [6, 6.07) is 1.63. The van der Waals surface area contributed by atoms with Gasteiger partial charge in [-0.3, -0.25) is 0 Å². The van der Waals surface area contributed by atoms with Crippen molar-refractivity contribution in [1.29, 1.82) is 0 Å². The highest BCUT2D eigenvalue weighted by atomic mass is 32.2. The van der Waals surface area contributed by atoms with E-state index in [4.69, 9.17) is 16.0 Å². The summed E-state index contributed by atoms with van der Waals surface area (Å²) in [5, 5.41) is 28.7. The predicted molar refractivity (Wildman–Crippen MR) is 61.5 cm³/mol. The quantitative estimate of drug-likeness (QED) is 0.225. The number of aliphatic hydroxyl groups is 1. The molecule has 0 bridgehead atoms. The van der Waals surface area contributed by atoms with Crippen molar-refractivity contribution in [1.82, 2.24) is 10.2 Å². The Hall–Kier alpha value is -1.34. The maximum atomic E-state index is 8.90. The van der Waals surface area contributed by atoms with Crippen LogP contribution in [0.25, 0.3) is 0 Å². The largest absolute Gasteiger partial charge is 0.409 e. The first kappa shape index (κ1) is 12.7. The molecule has 1 atom stereocenters. The second-order valence-electron chi connectivity index (χ2n) is 3.33. The normalized spacial score (nSPS) is 13.8. The molecule has 0 fully saturated rings. The lowest BCUT2D eigenvalue weighted by Crippen LogP contribution is -2.15. The van der Waals surface area contributed by atoms with Gasteiger partial charge >= 0.3 is 0 Å². The van der Waals surface area contributed by atoms with Crippen molar-refractivity contribution in [3.63, 3.8) is 0 Å². The van der Waals surface area contributed by atoms with Crippen LogP contribution in [0.2, 0.25) is 0 Å². The second-order valence-corrected chi connectivity index (χ2v) is 4.34. The highest BCUT2D eigenvalue weighted by Gasteiger charge is 2.10. The Bertz CT molecular complexity index is 372. The van der Waals surface area contributed by atoms with Gasteiger partial charge in [-0.2, -0.15) is 5.10 Å². The fraction of sp³-hybridized carbons (Fsp3) is 0.444. The van der Waals surface area contributed by atoms with Gasteiger partial charge in [-0.05, 0) is 12.0 Å². The van der Waals surface area contributed by atoms with E-state index in [9.17, 15) is 0 Å². The van der Waals surface area contributed by atoms with Gasteiger partial charge in [0.25, 0.3) is 0 Å². The fourth-order valence-electron chi connectivity index (χ4n) is 0.948. The van der Waals surface area contributed by atoms with Crippen LogP contribution in [0, 0.1) is 5.92 Å². The lowest BCUT2D eigenvalue weighted by molar-refractivity contribution is 0.250. The Morgan fingerprint density at radius 2 is 2.44 bits per heavy atom. The molecule has 0 saturated heterocycles. The van der Waals surface area contributed by atoms with Gasteiger partial charge in [0.05, 0.1) is 11.8 Å². The van der Waals surface area contributed by atoms with E-state index >= 15 is 0 Å². The van der Waals surface area contributed by atoms with Crippen molar-refractivity contribution in [2.24, 2.45) is 16.8 Å². The lowest BCUT2D eigenvalue weighted by Gasteiger charge is -2.08. The van der Waals surface area contributed by atoms with Crippen molar-refractivity contribution < 1.29 is 10.3 Å². The van der Waals surface area contributed by atoms with Crippen molar-refractivity contribution >= 4 is 17.6 Å². The number of aromatic nitrogens is 2. The standard InChI is InChI=1S/C9H14N4O2S/c1-6(4-14)5-16-9-7(8(10)13-15)2-3-11-12-9/h2-3,6,14-15H,4-5H2,1H3,(H2,10,13). The third kappa shape index (κ3) is 3.35. The molecule has 6 nitrogen and oxygen atoms in total. The van der Waals surface area contributed by atoms with Crippen LogP contribution < -0.4 is 5.73 Å². The number of oxime groups is 1. The molecule has 0 radical (unpaired) electrons. The average Bonchev–Trinajstić information content (AvgIpc) is 2.35. The molecule has 1 aromatic rings. The molecule has 7 heteroatoms. The fourth-order valence-corrected chi connectivity index (χ4v) is 1.93. The Morgan fingerprint density at radius 1 is 1.69 bits per heavy atom. The first-order valence-electron chi connectivity index (χ1n) is 4.72. The SMILES string of the molecule is CC(CO)CSc1nnccc1/C(N)=N/O. The van der Waals surface area contributed by atoms with Crippen molar-refractivity contribution in [2.45, 2.75) is 11.9 Å². The van der Waals surface area contributed by atoms with E-state index < -0.39 is 0 Å². The minimum atomic E-state index is 0.00838. The van der Waals surface area contributed by atoms with E-state index in [-0.39, 0.29) is 18.4 Å². The van der Waals surface area contributed by atoms with Crippen molar-refractivity contribution in [2.75, 3.05) is 12.4 Å². The van der Waals surface area contributed by atoms with Gasteiger partial charge in [0.15, 0.2) is 5.84 Å². The molecule has 0 amide bonds. The molecule has 4 N–H and O–H groups in total. The topological polar surface area (TPSA) is 105 Å². The van der Waals surface area contributed by atoms with E-state index in [1.165, 1.54) is 18.0 Å². The maximum Gasteiger partial charge on any atom is 0.172 e. The summed E-state index contributed by atoms with van der Waals surface area (Å²) < 4.78 is 0. The molecular weight excluding hydrogens is 228 g/mol. The summed E-state index contributed by atoms with van der Waals surface area (Å²) in [6.07, 6.45) is 1.48. The monoisotopic (exact) mass is 242 g/mol. The molecule has 0 aliphatic carbocycles. The number of amidine groups is 1. The molecule has 0 aliphatic heterocycles. The Morgan fingerprint density at radius 3 is 3.06 bits per heavy atom. The van der Waals surface area contributed by atoms with Crippen LogP contribution >= 0.6 is 11.8 Å². The molecule has 16 heavy (non-hydrogen) atoms. The summed E-state index contributed by atoms with van der Waals surface area (Å²) in [5.74, 6) is 0.863. The number of nitrogens with zero attached hydrogens (tertiary/aromatic N) is 3. The van der Waals surface area contributed by atoms with Gasteiger partial charge in [-0.15, -0.1) is 16.9 Å². The molecular formula is C9H14N4O2S. The second kappa shape index (κ2) is 6.29. The Labute approximate surface area is 97.6 Å². The molecule has 0 aromatic carbocycles. The van der Waals surface area contributed by atoms with E-state index in [0.717, 1.165) is 0 Å².